The molecule has 150 valence electrons. The van der Waals surface area contributed by atoms with Gasteiger partial charge in [0.1, 0.15) is 0 Å². The van der Waals surface area contributed by atoms with Crippen LogP contribution in [0.4, 0.5) is 13.2 Å². The number of alkyl halides is 3. The molecule has 0 saturated heterocycles. The SMILES string of the molecule is Cc1cc(=O)c(C(=O)N(C)CC(C)C(=O)O)nn1-c1ccccc1C(F)(F)F. The zero-order valence-electron chi connectivity index (χ0n) is 15.3. The summed E-state index contributed by atoms with van der Waals surface area (Å²) < 4.78 is 40.8. The predicted molar refractivity (Wildman–Crippen MR) is 93.3 cm³/mol. The topological polar surface area (TPSA) is 92.5 Å². The van der Waals surface area contributed by atoms with E-state index >= 15 is 0 Å². The van der Waals surface area contributed by atoms with Crippen molar-refractivity contribution in [2.24, 2.45) is 5.92 Å². The molecule has 0 aliphatic rings. The number of hydrogen-bond donors (Lipinski definition) is 1. The maximum absolute atomic E-state index is 13.3. The molecule has 2 aromatic rings. The van der Waals surface area contributed by atoms with Gasteiger partial charge in [-0.25, -0.2) is 4.68 Å². The van der Waals surface area contributed by atoms with Crippen molar-refractivity contribution in [3.63, 3.8) is 0 Å². The van der Waals surface area contributed by atoms with Crippen molar-refractivity contribution >= 4 is 11.9 Å². The Labute approximate surface area is 158 Å². The van der Waals surface area contributed by atoms with E-state index in [-0.39, 0.29) is 17.9 Å². The molecule has 1 aromatic heterocycles. The number of carboxylic acids is 1. The molecular weight excluding hydrogens is 379 g/mol. The van der Waals surface area contributed by atoms with E-state index in [0.717, 1.165) is 21.7 Å². The normalized spacial score (nSPS) is 12.5. The Morgan fingerprint density at radius 1 is 1.29 bits per heavy atom. The molecule has 0 radical (unpaired) electrons. The zero-order chi connectivity index (χ0) is 21.2. The minimum Gasteiger partial charge on any atom is -0.481 e. The average Bonchev–Trinajstić information content (AvgIpc) is 2.60. The molecule has 1 unspecified atom stereocenters. The van der Waals surface area contributed by atoms with Crippen molar-refractivity contribution in [3.8, 4) is 5.69 Å². The molecule has 0 spiro atoms. The lowest BCUT2D eigenvalue weighted by Crippen LogP contribution is -2.37. The van der Waals surface area contributed by atoms with Gasteiger partial charge in [-0.3, -0.25) is 14.4 Å². The van der Waals surface area contributed by atoms with Crippen LogP contribution in [0.5, 0.6) is 0 Å². The highest BCUT2D eigenvalue weighted by molar-refractivity contribution is 5.92. The molecule has 0 saturated carbocycles. The molecule has 0 bridgehead atoms. The smallest absolute Gasteiger partial charge is 0.418 e. The predicted octanol–water partition coefficient (Wildman–Crippen LogP) is 2.35. The lowest BCUT2D eigenvalue weighted by Gasteiger charge is -2.20. The second-order valence-electron chi connectivity index (χ2n) is 6.35. The van der Waals surface area contributed by atoms with Crippen LogP contribution in [0.2, 0.25) is 0 Å². The number of hydrogen-bond acceptors (Lipinski definition) is 4. The van der Waals surface area contributed by atoms with Crippen LogP contribution in [-0.2, 0) is 11.0 Å². The summed E-state index contributed by atoms with van der Waals surface area (Å²) in [6.45, 7) is 2.58. The molecule has 1 heterocycles. The first kappa shape index (κ1) is 21.1. The summed E-state index contributed by atoms with van der Waals surface area (Å²) in [6.07, 6.45) is -4.66. The second-order valence-corrected chi connectivity index (χ2v) is 6.35. The number of carbonyl (C=O) groups excluding carboxylic acids is 1. The Hall–Kier alpha value is -3.17. The molecule has 0 fully saturated rings. The molecule has 1 atom stereocenters. The van der Waals surface area contributed by atoms with E-state index in [1.807, 2.05) is 0 Å². The lowest BCUT2D eigenvalue weighted by atomic mass is 10.1. The Balaban J connectivity index is 2.54. The van der Waals surface area contributed by atoms with Crippen LogP contribution in [0, 0.1) is 12.8 Å². The first-order valence-electron chi connectivity index (χ1n) is 8.19. The number of amides is 1. The molecule has 0 aliphatic heterocycles. The number of aryl methyl sites for hydroxylation is 1. The number of carbonyl (C=O) groups is 2. The van der Waals surface area contributed by atoms with Gasteiger partial charge in [0.25, 0.3) is 5.91 Å². The van der Waals surface area contributed by atoms with Gasteiger partial charge in [-0.1, -0.05) is 19.1 Å². The Bertz CT molecular complexity index is 969. The summed E-state index contributed by atoms with van der Waals surface area (Å²) in [5.74, 6) is -2.91. The molecule has 0 aliphatic carbocycles. The first-order valence-corrected chi connectivity index (χ1v) is 8.19. The maximum atomic E-state index is 13.3. The van der Waals surface area contributed by atoms with Crippen molar-refractivity contribution in [1.29, 1.82) is 0 Å². The van der Waals surface area contributed by atoms with Crippen LogP contribution in [0.1, 0.15) is 28.7 Å². The Morgan fingerprint density at radius 3 is 2.46 bits per heavy atom. The fourth-order valence-electron chi connectivity index (χ4n) is 2.59. The standard InChI is InChI=1S/C18H18F3N3O4/c1-10(17(27)28)9-23(3)16(26)15-14(25)8-11(2)24(22-15)13-7-5-4-6-12(13)18(19,20)21/h4-8,10H,9H2,1-3H3,(H,27,28). The van der Waals surface area contributed by atoms with Gasteiger partial charge in [0, 0.05) is 25.4 Å². The quantitative estimate of drug-likeness (QED) is 0.836. The average molecular weight is 397 g/mol. The maximum Gasteiger partial charge on any atom is 0.418 e. The van der Waals surface area contributed by atoms with Crippen LogP contribution >= 0.6 is 0 Å². The fraction of sp³-hybridized carbons (Fsp3) is 0.333. The summed E-state index contributed by atoms with van der Waals surface area (Å²) in [4.78, 5) is 36.7. The minimum absolute atomic E-state index is 0.111. The summed E-state index contributed by atoms with van der Waals surface area (Å²) >= 11 is 0. The zero-order valence-corrected chi connectivity index (χ0v) is 15.3. The van der Waals surface area contributed by atoms with Gasteiger partial charge in [-0.05, 0) is 19.1 Å². The molecule has 1 N–H and O–H groups in total. The van der Waals surface area contributed by atoms with Crippen LogP contribution in [-0.4, -0.2) is 45.3 Å². The molecule has 10 heteroatoms. The van der Waals surface area contributed by atoms with Crippen molar-refractivity contribution < 1.29 is 27.9 Å². The van der Waals surface area contributed by atoms with Gasteiger partial charge < -0.3 is 10.0 Å². The number of aliphatic carboxylic acids is 1. The van der Waals surface area contributed by atoms with E-state index in [4.69, 9.17) is 5.11 Å². The van der Waals surface area contributed by atoms with E-state index < -0.39 is 40.7 Å². The third-order valence-corrected chi connectivity index (χ3v) is 4.06. The van der Waals surface area contributed by atoms with Crippen molar-refractivity contribution in [2.75, 3.05) is 13.6 Å². The largest absolute Gasteiger partial charge is 0.481 e. The summed E-state index contributed by atoms with van der Waals surface area (Å²) in [7, 11) is 1.29. The summed E-state index contributed by atoms with van der Waals surface area (Å²) in [6, 6.07) is 5.67. The van der Waals surface area contributed by atoms with Crippen LogP contribution < -0.4 is 5.43 Å². The number of para-hydroxylation sites is 1. The lowest BCUT2D eigenvalue weighted by molar-refractivity contribution is -0.141. The Kier molecular flexibility index (Phi) is 5.91. The summed E-state index contributed by atoms with van der Waals surface area (Å²) in [5.41, 5.74) is -2.55. The molecular formula is C18H18F3N3O4. The monoisotopic (exact) mass is 397 g/mol. The number of carboxylic acid groups (broad SMARTS) is 1. The highest BCUT2D eigenvalue weighted by atomic mass is 19.4. The molecule has 28 heavy (non-hydrogen) atoms. The third-order valence-electron chi connectivity index (χ3n) is 4.06. The molecule has 7 nitrogen and oxygen atoms in total. The number of aromatic nitrogens is 2. The molecule has 2 rings (SSSR count). The van der Waals surface area contributed by atoms with Crippen LogP contribution in [0.25, 0.3) is 5.69 Å². The van der Waals surface area contributed by atoms with Gasteiger partial charge >= 0.3 is 12.1 Å². The highest BCUT2D eigenvalue weighted by Gasteiger charge is 2.34. The van der Waals surface area contributed by atoms with Crippen LogP contribution in [0.15, 0.2) is 35.1 Å². The van der Waals surface area contributed by atoms with Gasteiger partial charge in [-0.2, -0.15) is 18.3 Å². The van der Waals surface area contributed by atoms with E-state index in [0.29, 0.717) is 0 Å². The van der Waals surface area contributed by atoms with E-state index in [2.05, 4.69) is 5.10 Å². The van der Waals surface area contributed by atoms with E-state index in [1.54, 1.807) is 0 Å². The van der Waals surface area contributed by atoms with Crippen molar-refractivity contribution in [1.82, 2.24) is 14.7 Å². The third kappa shape index (κ3) is 4.38. The van der Waals surface area contributed by atoms with Gasteiger partial charge in [0.05, 0.1) is 17.2 Å². The van der Waals surface area contributed by atoms with Crippen molar-refractivity contribution in [3.05, 3.63) is 57.5 Å². The number of nitrogens with zero attached hydrogens (tertiary/aromatic N) is 3. The first-order chi connectivity index (χ1) is 12.9. The molecule has 1 aromatic carbocycles. The van der Waals surface area contributed by atoms with Gasteiger partial charge in [0.15, 0.2) is 5.69 Å². The van der Waals surface area contributed by atoms with Crippen LogP contribution in [0.3, 0.4) is 0 Å². The fourth-order valence-corrected chi connectivity index (χ4v) is 2.59. The van der Waals surface area contributed by atoms with Gasteiger partial charge in [-0.15, -0.1) is 0 Å². The minimum atomic E-state index is -4.66. The Morgan fingerprint density at radius 2 is 1.89 bits per heavy atom. The van der Waals surface area contributed by atoms with E-state index in [9.17, 15) is 27.6 Å². The number of halogens is 3. The second kappa shape index (κ2) is 7.83. The summed E-state index contributed by atoms with van der Waals surface area (Å²) in [5, 5.41) is 12.8. The highest BCUT2D eigenvalue weighted by Crippen LogP contribution is 2.33. The van der Waals surface area contributed by atoms with Crippen molar-refractivity contribution in [2.45, 2.75) is 20.0 Å². The van der Waals surface area contributed by atoms with Gasteiger partial charge in [0.2, 0.25) is 5.43 Å². The van der Waals surface area contributed by atoms with E-state index in [1.165, 1.54) is 39.1 Å². The number of rotatable bonds is 5. The molecule has 1 amide bonds. The number of benzene rings is 1.